The van der Waals surface area contributed by atoms with Crippen molar-refractivity contribution in [3.8, 4) is 6.07 Å². The maximum atomic E-state index is 13.7. The molecule has 0 aromatic heterocycles. The van der Waals surface area contributed by atoms with Gasteiger partial charge in [0, 0.05) is 18.6 Å². The van der Waals surface area contributed by atoms with Crippen molar-refractivity contribution in [1.29, 1.82) is 5.26 Å². The topological polar surface area (TPSA) is 53.2 Å². The molecule has 1 atom stereocenters. The van der Waals surface area contributed by atoms with Crippen molar-refractivity contribution < 1.29 is 9.18 Å². The fourth-order valence-corrected chi connectivity index (χ4v) is 3.24. The number of aliphatic imine (C=N–C) groups is 1. The second kappa shape index (κ2) is 17.6. The normalized spacial score (nSPS) is 11.9. The number of unbranched alkanes of at least 4 members (excludes halogenated alkanes) is 1. The summed E-state index contributed by atoms with van der Waals surface area (Å²) < 4.78 is 13.7. The van der Waals surface area contributed by atoms with Crippen LogP contribution in [0.15, 0.2) is 47.5 Å². The van der Waals surface area contributed by atoms with E-state index in [9.17, 15) is 9.18 Å². The van der Waals surface area contributed by atoms with Crippen molar-refractivity contribution in [3.63, 3.8) is 0 Å². The number of carbonyl (C=O) groups is 1. The summed E-state index contributed by atoms with van der Waals surface area (Å²) in [4.78, 5) is 15.7. The minimum atomic E-state index is -0.419. The van der Waals surface area contributed by atoms with Crippen LogP contribution in [0.25, 0.3) is 0 Å². The van der Waals surface area contributed by atoms with Crippen molar-refractivity contribution >= 4 is 17.2 Å². The van der Waals surface area contributed by atoms with Gasteiger partial charge in [-0.2, -0.15) is 5.26 Å². The van der Waals surface area contributed by atoms with Crippen molar-refractivity contribution in [3.05, 3.63) is 65.0 Å². The van der Waals surface area contributed by atoms with Crippen molar-refractivity contribution in [2.45, 2.75) is 107 Å². The predicted molar refractivity (Wildman–Crippen MR) is 153 cm³/mol. The van der Waals surface area contributed by atoms with Crippen LogP contribution >= 0.6 is 0 Å². The van der Waals surface area contributed by atoms with E-state index in [1.165, 1.54) is 11.6 Å². The Kier molecular flexibility index (Phi) is 16.2. The molecule has 3 nitrogen and oxygen atoms in total. The quantitative estimate of drug-likeness (QED) is 0.326. The summed E-state index contributed by atoms with van der Waals surface area (Å²) in [6.45, 7) is 18.7. The van der Waals surface area contributed by atoms with Gasteiger partial charge in [0.1, 0.15) is 17.3 Å². The number of hydrogen-bond acceptors (Lipinski definition) is 3. The lowest BCUT2D eigenvalue weighted by Crippen LogP contribution is -2.03. The Balaban J connectivity index is 0.000000581. The van der Waals surface area contributed by atoms with E-state index in [-0.39, 0.29) is 0 Å². The molecule has 0 fully saturated rings. The van der Waals surface area contributed by atoms with E-state index >= 15 is 0 Å². The van der Waals surface area contributed by atoms with Crippen LogP contribution in [0.2, 0.25) is 0 Å². The molecule has 0 N–H and O–H groups in total. The van der Waals surface area contributed by atoms with Gasteiger partial charge in [-0.15, -0.1) is 0 Å². The minimum Gasteiger partial charge on any atom is -0.300 e. The summed E-state index contributed by atoms with van der Waals surface area (Å²) in [7, 11) is 0. The van der Waals surface area contributed by atoms with Gasteiger partial charge in [-0.05, 0) is 67.7 Å². The van der Waals surface area contributed by atoms with Gasteiger partial charge in [0.2, 0.25) is 0 Å². The fraction of sp³-hybridized carbons (Fsp3) is 0.531. The van der Waals surface area contributed by atoms with E-state index in [1.807, 2.05) is 38.1 Å². The van der Waals surface area contributed by atoms with Crippen LogP contribution in [0.4, 0.5) is 10.1 Å². The van der Waals surface area contributed by atoms with E-state index in [1.54, 1.807) is 13.0 Å². The van der Waals surface area contributed by atoms with Crippen LogP contribution in [-0.4, -0.2) is 11.5 Å². The highest BCUT2D eigenvalue weighted by atomic mass is 19.1. The number of rotatable bonds is 9. The Bertz CT molecular complexity index is 952. The number of benzene rings is 2. The predicted octanol–water partition coefficient (Wildman–Crippen LogP) is 9.89. The zero-order valence-corrected chi connectivity index (χ0v) is 24.0. The molecule has 0 aliphatic rings. The van der Waals surface area contributed by atoms with E-state index < -0.39 is 5.82 Å². The second-order valence-corrected chi connectivity index (χ2v) is 11.0. The first kappa shape index (κ1) is 33.2. The van der Waals surface area contributed by atoms with Gasteiger partial charge < -0.3 is 0 Å². The van der Waals surface area contributed by atoms with Gasteiger partial charge in [-0.3, -0.25) is 9.79 Å². The third-order valence-corrected chi connectivity index (χ3v) is 5.01. The second-order valence-electron chi connectivity index (χ2n) is 11.0. The third kappa shape index (κ3) is 16.0. The Hall–Kier alpha value is -2.80. The fourth-order valence-electron chi connectivity index (χ4n) is 3.24. The molecule has 2 aromatic carbocycles. The lowest BCUT2D eigenvalue weighted by molar-refractivity contribution is -0.119. The van der Waals surface area contributed by atoms with Crippen LogP contribution < -0.4 is 0 Å². The lowest BCUT2D eigenvalue weighted by Gasteiger charge is -2.10. The number of carbonyl (C=O) groups excluding carboxylic acids is 1. The van der Waals surface area contributed by atoms with Crippen LogP contribution in [0.5, 0.6) is 0 Å². The third-order valence-electron chi connectivity index (χ3n) is 5.01. The Morgan fingerprint density at radius 1 is 1.06 bits per heavy atom. The smallest absolute Gasteiger partial charge is 0.150 e. The maximum Gasteiger partial charge on any atom is 0.150 e. The summed E-state index contributed by atoms with van der Waals surface area (Å²) >= 11 is 0. The van der Waals surface area contributed by atoms with Gasteiger partial charge in [0.15, 0.2) is 0 Å². The van der Waals surface area contributed by atoms with Crippen molar-refractivity contribution in [2.75, 3.05) is 0 Å². The minimum absolute atomic E-state index is 0.338. The van der Waals surface area contributed by atoms with Crippen LogP contribution in [0, 0.1) is 29.5 Å². The highest BCUT2D eigenvalue weighted by Gasteiger charge is 2.10. The number of aryl methyl sites for hydroxylation is 1. The average Bonchev–Trinajstić information content (AvgIpc) is 2.80. The molecule has 0 aliphatic heterocycles. The zero-order chi connectivity index (χ0) is 27.7. The molecule has 0 amide bonds. The van der Waals surface area contributed by atoms with Gasteiger partial charge in [-0.25, -0.2) is 4.39 Å². The van der Waals surface area contributed by atoms with E-state index in [0.29, 0.717) is 40.4 Å². The molecule has 0 heterocycles. The first-order valence-corrected chi connectivity index (χ1v) is 13.1. The summed E-state index contributed by atoms with van der Waals surface area (Å²) in [5.41, 5.74) is 4.09. The number of halogens is 1. The molecule has 0 radical (unpaired) electrons. The van der Waals surface area contributed by atoms with Crippen LogP contribution in [0.3, 0.4) is 0 Å². The molecule has 0 bridgehead atoms. The van der Waals surface area contributed by atoms with Crippen molar-refractivity contribution in [2.24, 2.45) is 10.4 Å². The summed E-state index contributed by atoms with van der Waals surface area (Å²) in [5.74, 6) is 0.316. The summed E-state index contributed by atoms with van der Waals surface area (Å²) in [6, 6.07) is 15.1. The van der Waals surface area contributed by atoms with E-state index in [2.05, 4.69) is 58.7 Å². The summed E-state index contributed by atoms with van der Waals surface area (Å²) in [5, 5.41) is 8.72. The van der Waals surface area contributed by atoms with Crippen LogP contribution in [-0.2, 0) is 4.79 Å². The van der Waals surface area contributed by atoms with Gasteiger partial charge in [-0.1, -0.05) is 85.2 Å². The Labute approximate surface area is 219 Å². The van der Waals surface area contributed by atoms with Gasteiger partial charge in [0.25, 0.3) is 0 Å². The van der Waals surface area contributed by atoms with Gasteiger partial charge in [0.05, 0.1) is 11.6 Å². The number of nitriles is 1. The first-order chi connectivity index (χ1) is 16.8. The molecule has 36 heavy (non-hydrogen) atoms. The standard InChI is InChI=1S/C14H17FN2.C13H18O.C5H12/c1-4-5-6-11(3)17-14-10(2)7-12(9-16)8-13(14)15;1-3-7-13(14)10-11(2)12-8-5-4-6-9-12;1-5(2,3)4/h7-8H,4-6H2,1-3H3;4-6,8-9,11H,3,7,10H2,1-2H3;1-4H3. The highest BCUT2D eigenvalue weighted by molar-refractivity contribution is 5.85. The SMILES string of the molecule is CC(C)(C)C.CCCC(=O)CC(C)c1ccccc1.CCCCC(C)=Nc1c(C)cc(C#N)cc1F. The molecular formula is C32H47FN2O. The highest BCUT2D eigenvalue weighted by Crippen LogP contribution is 2.25. The monoisotopic (exact) mass is 494 g/mol. The van der Waals surface area contributed by atoms with Crippen LogP contribution in [0.1, 0.15) is 117 Å². The number of hydrogen-bond donors (Lipinski definition) is 0. The molecule has 0 saturated carbocycles. The molecule has 0 aliphatic carbocycles. The van der Waals surface area contributed by atoms with Crippen molar-refractivity contribution in [1.82, 2.24) is 0 Å². The van der Waals surface area contributed by atoms with E-state index in [0.717, 1.165) is 37.8 Å². The number of ketones is 1. The zero-order valence-electron chi connectivity index (χ0n) is 24.0. The molecule has 198 valence electrons. The number of Topliss-reactive ketones (excluding diaryl/α,β-unsaturated/α-hetero) is 1. The molecule has 1 unspecified atom stereocenters. The Morgan fingerprint density at radius 2 is 1.64 bits per heavy atom. The maximum absolute atomic E-state index is 13.7. The van der Waals surface area contributed by atoms with E-state index in [4.69, 9.17) is 5.26 Å². The number of nitrogens with zero attached hydrogens (tertiary/aromatic N) is 2. The molecule has 0 spiro atoms. The molecule has 0 saturated heterocycles. The first-order valence-electron chi connectivity index (χ1n) is 13.1. The molecule has 4 heteroatoms. The molecule has 2 aromatic rings. The lowest BCUT2D eigenvalue weighted by atomic mass is 9.94. The average molecular weight is 495 g/mol. The Morgan fingerprint density at radius 3 is 2.11 bits per heavy atom. The largest absolute Gasteiger partial charge is 0.300 e. The molecule has 2 rings (SSSR count). The van der Waals surface area contributed by atoms with Gasteiger partial charge >= 0.3 is 0 Å². The molecular weight excluding hydrogens is 447 g/mol. The summed E-state index contributed by atoms with van der Waals surface area (Å²) in [6.07, 6.45) is 5.40.